The molecule has 1 fully saturated rings. The van der Waals surface area contributed by atoms with E-state index >= 15 is 0 Å². The first kappa shape index (κ1) is 19.6. The van der Waals surface area contributed by atoms with Crippen molar-refractivity contribution in [1.82, 2.24) is 10.6 Å². The van der Waals surface area contributed by atoms with Crippen LogP contribution in [0.25, 0.3) is 0 Å². The van der Waals surface area contributed by atoms with Crippen molar-refractivity contribution in [2.75, 3.05) is 18.0 Å². The average Bonchev–Trinajstić information content (AvgIpc) is 2.60. The van der Waals surface area contributed by atoms with Gasteiger partial charge in [-0.1, -0.05) is 6.92 Å². The highest BCUT2D eigenvalue weighted by atomic mass is 16.6. The van der Waals surface area contributed by atoms with Gasteiger partial charge in [0.15, 0.2) is 0 Å². The summed E-state index contributed by atoms with van der Waals surface area (Å²) in [7, 11) is 0. The SMILES string of the molecule is CCC(NC(=O)c1cc(N2CC(C)NCC2C)ccc1[N+](=O)[O-])C(=O)O. The number of benzene rings is 1. The lowest BCUT2D eigenvalue weighted by Gasteiger charge is -2.39. The minimum absolute atomic E-state index is 0.134. The largest absolute Gasteiger partial charge is 0.480 e. The number of rotatable bonds is 6. The summed E-state index contributed by atoms with van der Waals surface area (Å²) in [4.78, 5) is 36.4. The third-order valence-corrected chi connectivity index (χ3v) is 4.53. The van der Waals surface area contributed by atoms with Crippen LogP contribution in [0.3, 0.4) is 0 Å². The third kappa shape index (κ3) is 4.29. The molecule has 1 aromatic carbocycles. The lowest BCUT2D eigenvalue weighted by Crippen LogP contribution is -2.54. The van der Waals surface area contributed by atoms with Gasteiger partial charge in [-0.15, -0.1) is 0 Å². The Labute approximate surface area is 151 Å². The Morgan fingerprint density at radius 3 is 2.73 bits per heavy atom. The Bertz CT molecular complexity index is 708. The number of aliphatic carboxylic acids is 1. The Morgan fingerprint density at radius 1 is 1.46 bits per heavy atom. The van der Waals surface area contributed by atoms with Gasteiger partial charge in [0.1, 0.15) is 11.6 Å². The minimum atomic E-state index is -1.18. The van der Waals surface area contributed by atoms with Crippen LogP contribution in [-0.2, 0) is 4.79 Å². The maximum atomic E-state index is 12.5. The molecule has 0 saturated carbocycles. The zero-order chi connectivity index (χ0) is 19.4. The van der Waals surface area contributed by atoms with E-state index < -0.39 is 22.8 Å². The van der Waals surface area contributed by atoms with Crippen molar-refractivity contribution in [2.24, 2.45) is 0 Å². The molecular formula is C17H24N4O5. The molecule has 0 aliphatic carbocycles. The Hall–Kier alpha value is -2.68. The molecule has 142 valence electrons. The fourth-order valence-electron chi connectivity index (χ4n) is 3.00. The second-order valence-corrected chi connectivity index (χ2v) is 6.54. The quantitative estimate of drug-likeness (QED) is 0.514. The van der Waals surface area contributed by atoms with E-state index in [1.807, 2.05) is 13.8 Å². The molecule has 2 rings (SSSR count). The molecule has 1 saturated heterocycles. The zero-order valence-electron chi connectivity index (χ0n) is 15.1. The van der Waals surface area contributed by atoms with Gasteiger partial charge in [-0.2, -0.15) is 0 Å². The molecule has 1 aromatic rings. The number of nitrogens with zero attached hydrogens (tertiary/aromatic N) is 2. The highest BCUT2D eigenvalue weighted by Crippen LogP contribution is 2.27. The summed E-state index contributed by atoms with van der Waals surface area (Å²) in [5, 5.41) is 26.1. The van der Waals surface area contributed by atoms with Crippen LogP contribution in [0, 0.1) is 10.1 Å². The Balaban J connectivity index is 2.38. The monoisotopic (exact) mass is 364 g/mol. The molecule has 0 bridgehead atoms. The molecule has 1 aliphatic heterocycles. The molecule has 26 heavy (non-hydrogen) atoms. The van der Waals surface area contributed by atoms with E-state index in [0.717, 1.165) is 6.54 Å². The van der Waals surface area contributed by atoms with Gasteiger partial charge in [-0.05, 0) is 32.4 Å². The number of hydrogen-bond acceptors (Lipinski definition) is 6. The highest BCUT2D eigenvalue weighted by molar-refractivity contribution is 6.00. The first-order valence-corrected chi connectivity index (χ1v) is 8.56. The van der Waals surface area contributed by atoms with Crippen LogP contribution >= 0.6 is 0 Å². The van der Waals surface area contributed by atoms with Crippen molar-refractivity contribution in [2.45, 2.75) is 45.3 Å². The van der Waals surface area contributed by atoms with E-state index in [-0.39, 0.29) is 29.8 Å². The van der Waals surface area contributed by atoms with E-state index in [1.165, 1.54) is 12.1 Å². The predicted octanol–water partition coefficient (Wildman–Crippen LogP) is 1.37. The number of carboxylic acid groups (broad SMARTS) is 1. The number of piperazine rings is 1. The van der Waals surface area contributed by atoms with Crippen LogP contribution in [0.5, 0.6) is 0 Å². The summed E-state index contributed by atoms with van der Waals surface area (Å²) in [5.74, 6) is -1.94. The minimum Gasteiger partial charge on any atom is -0.480 e. The first-order valence-electron chi connectivity index (χ1n) is 8.56. The summed E-state index contributed by atoms with van der Waals surface area (Å²) in [6.07, 6.45) is 0.181. The summed E-state index contributed by atoms with van der Waals surface area (Å²) in [6, 6.07) is 3.70. The van der Waals surface area contributed by atoms with Gasteiger partial charge in [0.05, 0.1) is 4.92 Å². The number of carboxylic acids is 1. The van der Waals surface area contributed by atoms with Crippen LogP contribution in [0.1, 0.15) is 37.6 Å². The molecule has 0 radical (unpaired) electrons. The highest BCUT2D eigenvalue weighted by Gasteiger charge is 2.28. The predicted molar refractivity (Wildman–Crippen MR) is 96.6 cm³/mol. The lowest BCUT2D eigenvalue weighted by molar-refractivity contribution is -0.385. The second kappa shape index (κ2) is 8.13. The fourth-order valence-corrected chi connectivity index (χ4v) is 3.00. The number of hydrogen-bond donors (Lipinski definition) is 3. The third-order valence-electron chi connectivity index (χ3n) is 4.53. The molecule has 9 nitrogen and oxygen atoms in total. The molecule has 1 heterocycles. The normalized spacial score (nSPS) is 21.1. The van der Waals surface area contributed by atoms with Gasteiger partial charge in [0, 0.05) is 36.9 Å². The second-order valence-electron chi connectivity index (χ2n) is 6.54. The Kier molecular flexibility index (Phi) is 6.14. The van der Waals surface area contributed by atoms with Crippen molar-refractivity contribution < 1.29 is 19.6 Å². The van der Waals surface area contributed by atoms with Gasteiger partial charge >= 0.3 is 5.97 Å². The molecule has 0 aromatic heterocycles. The van der Waals surface area contributed by atoms with Crippen molar-refractivity contribution in [1.29, 1.82) is 0 Å². The standard InChI is InChI=1S/C17H24N4O5/c1-4-14(17(23)24)19-16(22)13-7-12(5-6-15(13)21(25)26)20-9-10(2)18-8-11(20)3/h5-7,10-11,14,18H,4,8-9H2,1-3H3,(H,19,22)(H,23,24). The van der Waals surface area contributed by atoms with Crippen molar-refractivity contribution in [3.63, 3.8) is 0 Å². The molecular weight excluding hydrogens is 340 g/mol. The maximum Gasteiger partial charge on any atom is 0.326 e. The number of carbonyl (C=O) groups excluding carboxylic acids is 1. The lowest BCUT2D eigenvalue weighted by atomic mass is 10.1. The molecule has 3 unspecified atom stereocenters. The first-order chi connectivity index (χ1) is 12.2. The van der Waals surface area contributed by atoms with E-state index in [9.17, 15) is 19.7 Å². The van der Waals surface area contributed by atoms with Crippen molar-refractivity contribution in [3.8, 4) is 0 Å². The topological polar surface area (TPSA) is 125 Å². The summed E-state index contributed by atoms with van der Waals surface area (Å²) < 4.78 is 0. The van der Waals surface area contributed by atoms with Gasteiger partial charge in [0.2, 0.25) is 0 Å². The molecule has 1 amide bonds. The Morgan fingerprint density at radius 2 is 2.15 bits per heavy atom. The summed E-state index contributed by atoms with van der Waals surface area (Å²) >= 11 is 0. The molecule has 9 heteroatoms. The fraction of sp³-hybridized carbons (Fsp3) is 0.529. The number of carbonyl (C=O) groups is 2. The van der Waals surface area contributed by atoms with Gasteiger partial charge < -0.3 is 20.6 Å². The van der Waals surface area contributed by atoms with E-state index in [2.05, 4.69) is 15.5 Å². The van der Waals surface area contributed by atoms with Crippen LogP contribution in [0.2, 0.25) is 0 Å². The van der Waals surface area contributed by atoms with Crippen molar-refractivity contribution in [3.05, 3.63) is 33.9 Å². The van der Waals surface area contributed by atoms with E-state index in [4.69, 9.17) is 5.11 Å². The number of nitro groups is 1. The van der Waals surface area contributed by atoms with Crippen LogP contribution in [-0.4, -0.2) is 53.1 Å². The molecule has 1 aliphatic rings. The van der Waals surface area contributed by atoms with Crippen LogP contribution in [0.15, 0.2) is 18.2 Å². The number of nitro benzene ring substituents is 1. The van der Waals surface area contributed by atoms with Gasteiger partial charge in [-0.3, -0.25) is 14.9 Å². The summed E-state index contributed by atoms with van der Waals surface area (Å²) in [5.41, 5.74) is 0.220. The van der Waals surface area contributed by atoms with Crippen LogP contribution < -0.4 is 15.5 Å². The molecule has 3 atom stereocenters. The van der Waals surface area contributed by atoms with E-state index in [0.29, 0.717) is 12.2 Å². The van der Waals surface area contributed by atoms with Gasteiger partial charge in [-0.25, -0.2) is 4.79 Å². The maximum absolute atomic E-state index is 12.5. The number of amides is 1. The smallest absolute Gasteiger partial charge is 0.326 e. The number of anilines is 1. The van der Waals surface area contributed by atoms with Crippen molar-refractivity contribution >= 4 is 23.3 Å². The number of nitrogens with one attached hydrogen (secondary N) is 2. The average molecular weight is 364 g/mol. The molecule has 0 spiro atoms. The zero-order valence-corrected chi connectivity index (χ0v) is 15.1. The van der Waals surface area contributed by atoms with E-state index in [1.54, 1.807) is 13.0 Å². The summed E-state index contributed by atoms with van der Waals surface area (Å²) in [6.45, 7) is 7.14. The van der Waals surface area contributed by atoms with Crippen LogP contribution in [0.4, 0.5) is 11.4 Å². The van der Waals surface area contributed by atoms with Gasteiger partial charge in [0.25, 0.3) is 11.6 Å². The molecule has 3 N–H and O–H groups in total.